The normalized spacial score (nSPS) is 56.7. The minimum absolute atomic E-state index is 0.0243. The molecule has 0 aliphatic heterocycles. The average Bonchev–Trinajstić information content (AvgIpc) is 1.96. The fraction of sp³-hybridized carbons (Fsp3) is 1.00. The van der Waals surface area contributed by atoms with E-state index in [-0.39, 0.29) is 6.10 Å². The Kier molecular flexibility index (Phi) is 0.963. The van der Waals surface area contributed by atoms with Gasteiger partial charge in [-0.05, 0) is 37.0 Å². The van der Waals surface area contributed by atoms with Crippen molar-refractivity contribution in [1.29, 1.82) is 0 Å². The second-order valence-electron chi connectivity index (χ2n) is 3.83. The first-order chi connectivity index (χ1) is 4.23. The van der Waals surface area contributed by atoms with Crippen LogP contribution in [0.5, 0.6) is 0 Å². The quantitative estimate of drug-likeness (QED) is 0.522. The molecule has 0 aromatic rings. The molecule has 1 nitrogen and oxygen atoms in total. The molecule has 0 heterocycles. The van der Waals surface area contributed by atoms with Gasteiger partial charge in [-0.1, -0.05) is 6.92 Å². The van der Waals surface area contributed by atoms with E-state index in [1.165, 1.54) is 19.3 Å². The molecule has 3 unspecified atom stereocenters. The summed E-state index contributed by atoms with van der Waals surface area (Å²) in [6.45, 7) is 2.23. The second kappa shape index (κ2) is 1.51. The van der Waals surface area contributed by atoms with Gasteiger partial charge in [0.25, 0.3) is 0 Å². The number of rotatable bonds is 0. The van der Waals surface area contributed by atoms with E-state index in [1.54, 1.807) is 0 Å². The smallest absolute Gasteiger partial charge is 0.0596 e. The average molecular weight is 126 g/mol. The summed E-state index contributed by atoms with van der Waals surface area (Å²) in [5, 5.41) is 9.48. The Morgan fingerprint density at radius 1 is 1.33 bits per heavy atom. The number of hydrogen-bond donors (Lipinski definition) is 1. The summed E-state index contributed by atoms with van der Waals surface area (Å²) in [4.78, 5) is 0. The predicted molar refractivity (Wildman–Crippen MR) is 36.1 cm³/mol. The number of hydrogen-bond acceptors (Lipinski definition) is 1. The lowest BCUT2D eigenvalue weighted by molar-refractivity contribution is -0.0250. The molecule has 0 aromatic carbocycles. The van der Waals surface area contributed by atoms with Gasteiger partial charge in [-0.15, -0.1) is 0 Å². The summed E-state index contributed by atoms with van der Waals surface area (Å²) in [6, 6.07) is 0. The van der Waals surface area contributed by atoms with E-state index in [2.05, 4.69) is 6.92 Å². The lowest BCUT2D eigenvalue weighted by Gasteiger charge is -2.44. The van der Waals surface area contributed by atoms with Gasteiger partial charge in [0.05, 0.1) is 6.10 Å². The van der Waals surface area contributed by atoms with Crippen molar-refractivity contribution >= 4 is 0 Å². The van der Waals surface area contributed by atoms with Crippen molar-refractivity contribution in [3.05, 3.63) is 0 Å². The lowest BCUT2D eigenvalue weighted by Crippen LogP contribution is -2.40. The van der Waals surface area contributed by atoms with Crippen LogP contribution >= 0.6 is 0 Å². The molecular formula is C8H14O. The van der Waals surface area contributed by atoms with Crippen molar-refractivity contribution in [2.45, 2.75) is 38.7 Å². The standard InChI is InChI=1S/C8H14O/c1-8-5-4-6(8)2-3-7(8)9/h6-7,9H,2-5H2,1H3. The van der Waals surface area contributed by atoms with Gasteiger partial charge >= 0.3 is 0 Å². The van der Waals surface area contributed by atoms with Crippen LogP contribution in [0, 0.1) is 11.3 Å². The monoisotopic (exact) mass is 126 g/mol. The summed E-state index contributed by atoms with van der Waals surface area (Å²) in [7, 11) is 0. The maximum Gasteiger partial charge on any atom is 0.0596 e. The van der Waals surface area contributed by atoms with E-state index in [0.29, 0.717) is 5.41 Å². The Balaban J connectivity index is 2.18. The molecule has 2 aliphatic rings. The number of fused-ring (bicyclic) bond motifs is 1. The van der Waals surface area contributed by atoms with Gasteiger partial charge in [0.2, 0.25) is 0 Å². The predicted octanol–water partition coefficient (Wildman–Crippen LogP) is 1.56. The van der Waals surface area contributed by atoms with E-state index in [4.69, 9.17) is 0 Å². The maximum absolute atomic E-state index is 9.48. The first kappa shape index (κ1) is 5.72. The highest BCUT2D eigenvalue weighted by atomic mass is 16.3. The summed E-state index contributed by atoms with van der Waals surface area (Å²) in [6.07, 6.45) is 4.99. The fourth-order valence-corrected chi connectivity index (χ4v) is 2.41. The number of aliphatic hydroxyl groups excluding tert-OH is 1. The van der Waals surface area contributed by atoms with Gasteiger partial charge in [-0.2, -0.15) is 0 Å². The van der Waals surface area contributed by atoms with E-state index in [0.717, 1.165) is 12.3 Å². The zero-order valence-electron chi connectivity index (χ0n) is 5.93. The van der Waals surface area contributed by atoms with Crippen LogP contribution in [0.1, 0.15) is 32.6 Å². The van der Waals surface area contributed by atoms with Crippen molar-refractivity contribution in [3.8, 4) is 0 Å². The molecule has 9 heavy (non-hydrogen) atoms. The van der Waals surface area contributed by atoms with Crippen LogP contribution in [0.3, 0.4) is 0 Å². The van der Waals surface area contributed by atoms with Crippen LogP contribution in [0.25, 0.3) is 0 Å². The Morgan fingerprint density at radius 3 is 2.33 bits per heavy atom. The molecule has 2 saturated carbocycles. The molecule has 0 aromatic heterocycles. The minimum Gasteiger partial charge on any atom is -0.393 e. The molecule has 52 valence electrons. The molecule has 0 amide bonds. The highest BCUT2D eigenvalue weighted by Crippen LogP contribution is 2.56. The van der Waals surface area contributed by atoms with E-state index in [9.17, 15) is 5.11 Å². The van der Waals surface area contributed by atoms with Crippen molar-refractivity contribution in [3.63, 3.8) is 0 Å². The highest BCUT2D eigenvalue weighted by molar-refractivity contribution is 5.02. The third-order valence-corrected chi connectivity index (χ3v) is 3.51. The zero-order valence-corrected chi connectivity index (χ0v) is 5.93. The molecule has 1 N–H and O–H groups in total. The van der Waals surface area contributed by atoms with Gasteiger partial charge in [0.15, 0.2) is 0 Å². The summed E-state index contributed by atoms with van der Waals surface area (Å²) >= 11 is 0. The topological polar surface area (TPSA) is 20.2 Å². The molecule has 0 radical (unpaired) electrons. The van der Waals surface area contributed by atoms with Crippen LogP contribution < -0.4 is 0 Å². The molecule has 3 atom stereocenters. The lowest BCUT2D eigenvalue weighted by atomic mass is 9.62. The van der Waals surface area contributed by atoms with Crippen molar-refractivity contribution in [2.24, 2.45) is 11.3 Å². The maximum atomic E-state index is 9.48. The zero-order chi connectivity index (χ0) is 6.48. The van der Waals surface area contributed by atoms with Gasteiger partial charge in [0, 0.05) is 0 Å². The first-order valence-electron chi connectivity index (χ1n) is 3.91. The minimum atomic E-state index is 0.0243. The van der Waals surface area contributed by atoms with Crippen LogP contribution in [0.2, 0.25) is 0 Å². The van der Waals surface area contributed by atoms with Gasteiger partial charge < -0.3 is 5.11 Å². The van der Waals surface area contributed by atoms with Gasteiger partial charge in [-0.3, -0.25) is 0 Å². The molecule has 0 bridgehead atoms. The van der Waals surface area contributed by atoms with E-state index in [1.807, 2.05) is 0 Å². The summed E-state index contributed by atoms with van der Waals surface area (Å²) < 4.78 is 0. The van der Waals surface area contributed by atoms with E-state index >= 15 is 0 Å². The Morgan fingerprint density at radius 2 is 2.11 bits per heavy atom. The molecular weight excluding hydrogens is 112 g/mol. The van der Waals surface area contributed by atoms with Crippen molar-refractivity contribution in [2.75, 3.05) is 0 Å². The summed E-state index contributed by atoms with van der Waals surface area (Å²) in [5.74, 6) is 0.868. The molecule has 1 heteroatoms. The Labute approximate surface area is 56.1 Å². The van der Waals surface area contributed by atoms with Crippen molar-refractivity contribution < 1.29 is 5.11 Å². The first-order valence-corrected chi connectivity index (χ1v) is 3.91. The third-order valence-electron chi connectivity index (χ3n) is 3.51. The molecule has 0 saturated heterocycles. The van der Waals surface area contributed by atoms with E-state index < -0.39 is 0 Å². The third kappa shape index (κ3) is 0.536. The molecule has 0 spiro atoms. The molecule has 2 aliphatic carbocycles. The van der Waals surface area contributed by atoms with Crippen LogP contribution in [0.4, 0.5) is 0 Å². The van der Waals surface area contributed by atoms with Crippen LogP contribution in [0.15, 0.2) is 0 Å². The van der Waals surface area contributed by atoms with Crippen LogP contribution in [-0.2, 0) is 0 Å². The van der Waals surface area contributed by atoms with Gasteiger partial charge in [-0.25, -0.2) is 0 Å². The largest absolute Gasteiger partial charge is 0.393 e. The van der Waals surface area contributed by atoms with Crippen LogP contribution in [-0.4, -0.2) is 11.2 Å². The Bertz CT molecular complexity index is 125. The molecule has 2 rings (SSSR count). The fourth-order valence-electron chi connectivity index (χ4n) is 2.41. The van der Waals surface area contributed by atoms with Crippen molar-refractivity contribution in [1.82, 2.24) is 0 Å². The second-order valence-corrected chi connectivity index (χ2v) is 3.83. The SMILES string of the molecule is CC12CCC1CCC2O. The molecule has 2 fully saturated rings. The summed E-state index contributed by atoms with van der Waals surface area (Å²) in [5.41, 5.74) is 0.347. The highest BCUT2D eigenvalue weighted by Gasteiger charge is 2.51. The van der Waals surface area contributed by atoms with Gasteiger partial charge in [0.1, 0.15) is 0 Å². The Hall–Kier alpha value is -0.0400. The number of aliphatic hydroxyl groups is 1.